The normalized spacial score (nSPS) is 19.7. The molecule has 0 fully saturated rings. The smallest absolute Gasteiger partial charge is 0.187 e. The van der Waals surface area contributed by atoms with Gasteiger partial charge in [-0.05, 0) is 29.7 Å². The molecule has 1 unspecified atom stereocenters. The number of fused-ring (bicyclic) bond motifs is 1. The van der Waals surface area contributed by atoms with Crippen molar-refractivity contribution in [3.05, 3.63) is 40.7 Å². The summed E-state index contributed by atoms with van der Waals surface area (Å²) in [5.74, 6) is 0.620. The lowest BCUT2D eigenvalue weighted by Gasteiger charge is -2.28. The first-order valence-electron chi connectivity index (χ1n) is 5.52. The molecule has 1 aliphatic rings. The highest BCUT2D eigenvalue weighted by Crippen LogP contribution is 2.45. The van der Waals surface area contributed by atoms with E-state index in [2.05, 4.69) is 37.7 Å². The van der Waals surface area contributed by atoms with Crippen LogP contribution in [0.4, 0.5) is 5.69 Å². The van der Waals surface area contributed by atoms with Crippen molar-refractivity contribution in [1.82, 2.24) is 0 Å². The summed E-state index contributed by atoms with van der Waals surface area (Å²) < 4.78 is 0. The minimum absolute atomic E-state index is 0.311. The quantitative estimate of drug-likeness (QED) is 0.548. The third-order valence-corrected chi connectivity index (χ3v) is 3.38. The summed E-state index contributed by atoms with van der Waals surface area (Å²) in [5.41, 5.74) is 3.95. The van der Waals surface area contributed by atoms with Crippen LogP contribution >= 0.6 is 0 Å². The van der Waals surface area contributed by atoms with Crippen LogP contribution in [0.1, 0.15) is 44.2 Å². The molecule has 0 aliphatic heterocycles. The topological polar surface area (TPSA) is 4.36 Å². The molecule has 1 atom stereocenters. The predicted octanol–water partition coefficient (Wildman–Crippen LogP) is 4.31. The standard InChI is InChI=1S/C14H17N/c1-14(2,3)13-8-6-10-5-7-11(15-4)9-12(10)13/h5,7,9,13H,6,8H2,1-3H3. The second-order valence-corrected chi connectivity index (χ2v) is 5.45. The summed E-state index contributed by atoms with van der Waals surface area (Å²) >= 11 is 0. The van der Waals surface area contributed by atoms with Crippen molar-refractivity contribution >= 4 is 5.69 Å². The highest BCUT2D eigenvalue weighted by atomic mass is 14.6. The van der Waals surface area contributed by atoms with Crippen molar-refractivity contribution in [1.29, 1.82) is 0 Å². The van der Waals surface area contributed by atoms with E-state index in [0.29, 0.717) is 11.3 Å². The van der Waals surface area contributed by atoms with E-state index >= 15 is 0 Å². The van der Waals surface area contributed by atoms with Gasteiger partial charge in [0.05, 0.1) is 6.57 Å². The van der Waals surface area contributed by atoms with Gasteiger partial charge in [-0.1, -0.05) is 44.5 Å². The van der Waals surface area contributed by atoms with Crippen LogP contribution in [0, 0.1) is 12.0 Å². The summed E-state index contributed by atoms with van der Waals surface area (Å²) in [6, 6.07) is 6.16. The minimum Gasteiger partial charge on any atom is -0.238 e. The molecule has 2 rings (SSSR count). The molecular weight excluding hydrogens is 182 g/mol. The SMILES string of the molecule is [C-]#[N+]c1ccc2c(c1)C(C(C)(C)C)CC2. The summed E-state index contributed by atoms with van der Waals surface area (Å²) in [5, 5.41) is 0. The zero-order valence-corrected chi connectivity index (χ0v) is 9.67. The summed E-state index contributed by atoms with van der Waals surface area (Å²) in [7, 11) is 0. The van der Waals surface area contributed by atoms with Crippen LogP contribution in [-0.4, -0.2) is 0 Å². The minimum atomic E-state index is 0.311. The second kappa shape index (κ2) is 3.38. The number of hydrogen-bond acceptors (Lipinski definition) is 0. The molecule has 1 aromatic rings. The lowest BCUT2D eigenvalue weighted by molar-refractivity contribution is 0.319. The van der Waals surface area contributed by atoms with Crippen molar-refractivity contribution in [2.75, 3.05) is 0 Å². The number of hydrogen-bond donors (Lipinski definition) is 0. The first-order chi connectivity index (χ1) is 7.02. The van der Waals surface area contributed by atoms with Gasteiger partial charge in [0.25, 0.3) is 0 Å². The predicted molar refractivity (Wildman–Crippen MR) is 63.2 cm³/mol. The average Bonchev–Trinajstić information content (AvgIpc) is 2.59. The number of benzene rings is 1. The number of aryl methyl sites for hydroxylation is 1. The van der Waals surface area contributed by atoms with E-state index in [1.54, 1.807) is 0 Å². The Morgan fingerprint density at radius 3 is 2.67 bits per heavy atom. The molecule has 1 heteroatoms. The van der Waals surface area contributed by atoms with Crippen LogP contribution in [0.3, 0.4) is 0 Å². The maximum atomic E-state index is 7.05. The number of nitrogens with zero attached hydrogens (tertiary/aromatic N) is 1. The Hall–Kier alpha value is -1.29. The first-order valence-corrected chi connectivity index (χ1v) is 5.52. The van der Waals surface area contributed by atoms with Crippen molar-refractivity contribution in [2.24, 2.45) is 5.41 Å². The zero-order valence-electron chi connectivity index (χ0n) is 9.67. The molecule has 0 spiro atoms. The fraction of sp³-hybridized carbons (Fsp3) is 0.500. The van der Waals surface area contributed by atoms with Gasteiger partial charge in [0, 0.05) is 0 Å². The molecule has 0 amide bonds. The van der Waals surface area contributed by atoms with Crippen LogP contribution in [0.5, 0.6) is 0 Å². The van der Waals surface area contributed by atoms with Crippen LogP contribution in [0.15, 0.2) is 18.2 Å². The summed E-state index contributed by atoms with van der Waals surface area (Å²) in [6.07, 6.45) is 2.41. The summed E-state index contributed by atoms with van der Waals surface area (Å²) in [6.45, 7) is 13.9. The molecule has 1 aliphatic carbocycles. The van der Waals surface area contributed by atoms with E-state index in [1.165, 1.54) is 24.0 Å². The van der Waals surface area contributed by atoms with E-state index in [4.69, 9.17) is 6.57 Å². The molecule has 0 saturated heterocycles. The molecule has 0 heterocycles. The Bertz CT molecular complexity index is 418. The van der Waals surface area contributed by atoms with Gasteiger partial charge in [0.2, 0.25) is 0 Å². The fourth-order valence-electron chi connectivity index (χ4n) is 2.56. The van der Waals surface area contributed by atoms with Crippen LogP contribution in [0.25, 0.3) is 4.85 Å². The maximum Gasteiger partial charge on any atom is 0.187 e. The Kier molecular flexibility index (Phi) is 2.31. The van der Waals surface area contributed by atoms with Crippen molar-refractivity contribution in [2.45, 2.75) is 39.5 Å². The van der Waals surface area contributed by atoms with Crippen molar-refractivity contribution < 1.29 is 0 Å². The molecule has 78 valence electrons. The molecule has 0 radical (unpaired) electrons. The first kappa shape index (κ1) is 10.2. The van der Waals surface area contributed by atoms with Gasteiger partial charge in [-0.2, -0.15) is 0 Å². The van der Waals surface area contributed by atoms with Gasteiger partial charge in [-0.15, -0.1) is 0 Å². The van der Waals surface area contributed by atoms with E-state index in [-0.39, 0.29) is 0 Å². The lowest BCUT2D eigenvalue weighted by Crippen LogP contribution is -2.15. The Morgan fingerprint density at radius 1 is 1.33 bits per heavy atom. The Morgan fingerprint density at radius 2 is 2.07 bits per heavy atom. The Labute approximate surface area is 91.9 Å². The monoisotopic (exact) mass is 199 g/mol. The van der Waals surface area contributed by atoms with E-state index in [9.17, 15) is 0 Å². The maximum absolute atomic E-state index is 7.05. The zero-order chi connectivity index (χ0) is 11.1. The number of rotatable bonds is 0. The largest absolute Gasteiger partial charge is 0.238 e. The third-order valence-electron chi connectivity index (χ3n) is 3.38. The molecule has 1 aromatic carbocycles. The van der Waals surface area contributed by atoms with Crippen LogP contribution < -0.4 is 0 Å². The molecular formula is C14H17N. The van der Waals surface area contributed by atoms with Gasteiger partial charge in [0.15, 0.2) is 5.69 Å². The molecule has 1 nitrogen and oxygen atoms in total. The van der Waals surface area contributed by atoms with Crippen molar-refractivity contribution in [3.63, 3.8) is 0 Å². The second-order valence-electron chi connectivity index (χ2n) is 5.45. The Balaban J connectivity index is 2.46. The van der Waals surface area contributed by atoms with Crippen LogP contribution in [-0.2, 0) is 6.42 Å². The fourth-order valence-corrected chi connectivity index (χ4v) is 2.56. The molecule has 0 saturated carbocycles. The molecule has 0 N–H and O–H groups in total. The van der Waals surface area contributed by atoms with E-state index in [0.717, 1.165) is 5.69 Å². The van der Waals surface area contributed by atoms with E-state index in [1.807, 2.05) is 6.07 Å². The van der Waals surface area contributed by atoms with Gasteiger partial charge in [-0.3, -0.25) is 0 Å². The molecule has 15 heavy (non-hydrogen) atoms. The lowest BCUT2D eigenvalue weighted by atomic mass is 9.77. The van der Waals surface area contributed by atoms with E-state index < -0.39 is 0 Å². The third kappa shape index (κ3) is 1.77. The van der Waals surface area contributed by atoms with Gasteiger partial charge >= 0.3 is 0 Å². The summed E-state index contributed by atoms with van der Waals surface area (Å²) in [4.78, 5) is 3.51. The highest BCUT2D eigenvalue weighted by molar-refractivity contribution is 5.52. The average molecular weight is 199 g/mol. The van der Waals surface area contributed by atoms with Gasteiger partial charge in [0.1, 0.15) is 0 Å². The van der Waals surface area contributed by atoms with Gasteiger partial charge < -0.3 is 0 Å². The van der Waals surface area contributed by atoms with Crippen LogP contribution in [0.2, 0.25) is 0 Å². The molecule has 0 aromatic heterocycles. The molecule has 0 bridgehead atoms. The highest BCUT2D eigenvalue weighted by Gasteiger charge is 2.31. The van der Waals surface area contributed by atoms with Crippen molar-refractivity contribution in [3.8, 4) is 0 Å². The van der Waals surface area contributed by atoms with Gasteiger partial charge in [-0.25, -0.2) is 4.85 Å².